The predicted molar refractivity (Wildman–Crippen MR) is 171 cm³/mol. The van der Waals surface area contributed by atoms with E-state index in [1.165, 1.54) is 7.11 Å². The monoisotopic (exact) mass is 644 g/mol. The number of carbonyl (C=O) groups is 1. The number of halogens is 4. The molecule has 248 valence electrons. The first-order valence-corrected chi connectivity index (χ1v) is 15.1. The number of likely N-dealkylation sites (tertiary alicyclic amines) is 1. The van der Waals surface area contributed by atoms with E-state index < -0.39 is 36.8 Å². The summed E-state index contributed by atoms with van der Waals surface area (Å²) in [6, 6.07) is 11.1. The predicted octanol–water partition coefficient (Wildman–Crippen LogP) is 6.63. The van der Waals surface area contributed by atoms with Crippen LogP contribution in [-0.2, 0) is 16.1 Å². The van der Waals surface area contributed by atoms with Gasteiger partial charge in [-0.2, -0.15) is 13.2 Å². The molecule has 0 aliphatic carbocycles. The van der Waals surface area contributed by atoms with E-state index in [-0.39, 0.29) is 18.8 Å². The molecule has 0 bridgehead atoms. The number of hydrogen-bond acceptors (Lipinski definition) is 6. The number of nitrogens with one attached hydrogen (secondary N) is 2. The Bertz CT molecular complexity index is 1590. The molecular formula is C34H40F4N4O4. The number of nitrogens with zero attached hydrogens (tertiary/aromatic N) is 2. The molecule has 0 radical (unpaired) electrons. The number of carboxylic acid groups (broad SMARTS) is 1. The fourth-order valence-electron chi connectivity index (χ4n) is 5.64. The Hall–Kier alpha value is -4.37. The Morgan fingerprint density at radius 3 is 2.67 bits per heavy atom. The maximum Gasteiger partial charge on any atom is 0.406 e. The normalized spacial score (nSPS) is 17.5. The summed E-state index contributed by atoms with van der Waals surface area (Å²) < 4.78 is 67.6. The second-order valence-electron chi connectivity index (χ2n) is 11.3. The fourth-order valence-corrected chi connectivity index (χ4v) is 5.64. The fraction of sp³-hybridized carbons (Fsp3) is 0.441. The van der Waals surface area contributed by atoms with Crippen LogP contribution in [0.15, 0.2) is 54.8 Å². The number of anilines is 2. The number of hydrogen-bond donors (Lipinski definition) is 3. The Morgan fingerprint density at radius 1 is 1.22 bits per heavy atom. The Kier molecular flexibility index (Phi) is 11.5. The van der Waals surface area contributed by atoms with Crippen molar-refractivity contribution in [1.82, 2.24) is 9.47 Å². The topological polar surface area (TPSA) is 88.0 Å². The highest BCUT2D eigenvalue weighted by Crippen LogP contribution is 2.33. The number of aromatic nitrogens is 1. The zero-order chi connectivity index (χ0) is 33.4. The molecule has 1 aliphatic rings. The number of ether oxygens (including phenoxy) is 2. The van der Waals surface area contributed by atoms with Crippen molar-refractivity contribution in [2.24, 2.45) is 0 Å². The molecule has 3 aromatic rings. The largest absolute Gasteiger partial charge is 0.499 e. The molecule has 0 saturated carbocycles. The van der Waals surface area contributed by atoms with Crippen LogP contribution in [0.3, 0.4) is 0 Å². The minimum Gasteiger partial charge on any atom is -0.499 e. The number of carboxylic acids is 1. The number of aliphatic carboxylic acids is 1. The van der Waals surface area contributed by atoms with Gasteiger partial charge in [0.1, 0.15) is 18.5 Å². The molecule has 1 saturated heterocycles. The lowest BCUT2D eigenvalue weighted by Crippen LogP contribution is -2.46. The Balaban J connectivity index is 1.54. The van der Waals surface area contributed by atoms with Gasteiger partial charge in [0.2, 0.25) is 0 Å². The molecule has 12 heteroatoms. The average molecular weight is 645 g/mol. The molecule has 2 aromatic carbocycles. The van der Waals surface area contributed by atoms with Gasteiger partial charge >= 0.3 is 12.1 Å². The molecule has 3 atom stereocenters. The third kappa shape index (κ3) is 8.88. The van der Waals surface area contributed by atoms with Gasteiger partial charge in [-0.1, -0.05) is 24.6 Å². The third-order valence-electron chi connectivity index (χ3n) is 7.94. The highest BCUT2D eigenvalue weighted by Gasteiger charge is 2.31. The average Bonchev–Trinajstić information content (AvgIpc) is 3.33. The van der Waals surface area contributed by atoms with Crippen molar-refractivity contribution in [2.45, 2.75) is 57.0 Å². The van der Waals surface area contributed by atoms with Gasteiger partial charge < -0.3 is 34.7 Å². The molecule has 1 aliphatic heterocycles. The molecule has 46 heavy (non-hydrogen) atoms. The van der Waals surface area contributed by atoms with Crippen molar-refractivity contribution >= 4 is 28.2 Å². The van der Waals surface area contributed by atoms with Gasteiger partial charge in [0.25, 0.3) is 0 Å². The maximum atomic E-state index is 14.7. The molecule has 4 rings (SSSR count). The van der Waals surface area contributed by atoms with Gasteiger partial charge in [-0.15, -0.1) is 0 Å². The van der Waals surface area contributed by atoms with Crippen molar-refractivity contribution in [3.63, 3.8) is 0 Å². The van der Waals surface area contributed by atoms with Crippen LogP contribution in [0.5, 0.6) is 5.75 Å². The zero-order valence-electron chi connectivity index (χ0n) is 26.2. The quantitative estimate of drug-likeness (QED) is 0.109. The summed E-state index contributed by atoms with van der Waals surface area (Å²) in [7, 11) is 3.31. The van der Waals surface area contributed by atoms with E-state index in [0.29, 0.717) is 71.8 Å². The Labute approximate surface area is 266 Å². The van der Waals surface area contributed by atoms with Gasteiger partial charge in [0.15, 0.2) is 0 Å². The van der Waals surface area contributed by atoms with E-state index in [4.69, 9.17) is 9.47 Å². The minimum atomic E-state index is -4.48. The van der Waals surface area contributed by atoms with Gasteiger partial charge in [-0.3, -0.25) is 4.79 Å². The summed E-state index contributed by atoms with van der Waals surface area (Å²) in [6.45, 7) is 5.94. The molecular weight excluding hydrogens is 604 g/mol. The highest BCUT2D eigenvalue weighted by atomic mass is 19.4. The molecule has 1 aromatic heterocycles. The lowest BCUT2D eigenvalue weighted by atomic mass is 9.93. The second kappa shape index (κ2) is 15.3. The summed E-state index contributed by atoms with van der Waals surface area (Å²) >= 11 is 0. The standard InChI is InChI=1S/C34H40F4N4O4/c1-5-46-22(2)11-13-25(33(43)44)23-12-14-30(32(18-23)45-4)39-16-7-8-24-19-26-28(40-29-15-17-41(3)20-27(29)35)9-6-10-31(26)42(24)21-34(36,37)38/h6,9-10,12,14,18-19,25,27,29,39-40H,2,5,11,13,15-17,20-21H2,1,3-4H3,(H,43,44). The van der Waals surface area contributed by atoms with Crippen LogP contribution in [-0.4, -0.2) is 79.3 Å². The third-order valence-corrected chi connectivity index (χ3v) is 7.94. The van der Waals surface area contributed by atoms with E-state index in [2.05, 4.69) is 29.1 Å². The lowest BCUT2D eigenvalue weighted by Gasteiger charge is -2.33. The number of rotatable bonds is 13. The first kappa shape index (κ1) is 34.5. The smallest absolute Gasteiger partial charge is 0.406 e. The van der Waals surface area contributed by atoms with Crippen LogP contribution in [0.4, 0.5) is 28.9 Å². The Morgan fingerprint density at radius 2 is 2.00 bits per heavy atom. The minimum absolute atomic E-state index is 0.0734. The lowest BCUT2D eigenvalue weighted by molar-refractivity contribution is -0.140. The van der Waals surface area contributed by atoms with Gasteiger partial charge in [-0.05, 0) is 68.6 Å². The van der Waals surface area contributed by atoms with Crippen molar-refractivity contribution in [1.29, 1.82) is 0 Å². The van der Waals surface area contributed by atoms with Gasteiger partial charge in [0.05, 0.1) is 54.9 Å². The van der Waals surface area contributed by atoms with E-state index in [1.807, 2.05) is 18.9 Å². The number of benzene rings is 2. The molecule has 0 amide bonds. The van der Waals surface area contributed by atoms with E-state index in [9.17, 15) is 27.5 Å². The first-order chi connectivity index (χ1) is 21.9. The highest BCUT2D eigenvalue weighted by molar-refractivity contribution is 5.94. The second-order valence-corrected chi connectivity index (χ2v) is 11.3. The van der Waals surface area contributed by atoms with Crippen LogP contribution in [0, 0.1) is 11.8 Å². The van der Waals surface area contributed by atoms with Crippen molar-refractivity contribution in [3.8, 4) is 17.6 Å². The first-order valence-electron chi connectivity index (χ1n) is 15.1. The van der Waals surface area contributed by atoms with Gasteiger partial charge in [-0.25, -0.2) is 4.39 Å². The molecule has 3 N–H and O–H groups in total. The van der Waals surface area contributed by atoms with Crippen LogP contribution in [0.25, 0.3) is 10.9 Å². The number of methoxy groups -OCH3 is 1. The maximum absolute atomic E-state index is 14.7. The molecule has 3 unspecified atom stereocenters. The summed E-state index contributed by atoms with van der Waals surface area (Å²) in [5.74, 6) is 4.89. The number of piperidine rings is 1. The van der Waals surface area contributed by atoms with Crippen LogP contribution in [0.1, 0.15) is 43.4 Å². The van der Waals surface area contributed by atoms with Crippen LogP contribution in [0.2, 0.25) is 0 Å². The van der Waals surface area contributed by atoms with Crippen molar-refractivity contribution < 1.29 is 36.9 Å². The zero-order valence-corrected chi connectivity index (χ0v) is 26.2. The van der Waals surface area contributed by atoms with Crippen molar-refractivity contribution in [2.75, 3.05) is 51.0 Å². The SMILES string of the molecule is C=C(CCC(C(=O)O)c1ccc(NCC#Cc2cc3c(NC4CCN(C)CC4F)cccc3n2CC(F)(F)F)c(OC)c1)OCC. The van der Waals surface area contributed by atoms with E-state index in [0.717, 1.165) is 4.57 Å². The summed E-state index contributed by atoms with van der Waals surface area (Å²) in [5.41, 5.74) is 2.17. The van der Waals surface area contributed by atoms with E-state index in [1.54, 1.807) is 42.5 Å². The molecule has 1 fully saturated rings. The number of alkyl halides is 4. The van der Waals surface area contributed by atoms with Crippen LogP contribution < -0.4 is 15.4 Å². The number of fused-ring (bicyclic) bond motifs is 1. The molecule has 2 heterocycles. The number of allylic oxidation sites excluding steroid dienone is 1. The molecule has 8 nitrogen and oxygen atoms in total. The van der Waals surface area contributed by atoms with Crippen molar-refractivity contribution in [3.05, 3.63) is 66.1 Å². The molecule has 0 spiro atoms. The summed E-state index contributed by atoms with van der Waals surface area (Å²) in [5, 5.41) is 16.7. The van der Waals surface area contributed by atoms with Crippen LogP contribution >= 0.6 is 0 Å². The van der Waals surface area contributed by atoms with E-state index >= 15 is 0 Å². The van der Waals surface area contributed by atoms with Gasteiger partial charge in [0, 0.05) is 30.6 Å². The summed E-state index contributed by atoms with van der Waals surface area (Å²) in [6.07, 6.45) is -4.34. The summed E-state index contributed by atoms with van der Waals surface area (Å²) in [4.78, 5) is 13.9.